The van der Waals surface area contributed by atoms with Gasteiger partial charge in [-0.3, -0.25) is 9.67 Å². The molecule has 0 radical (unpaired) electrons. The molecule has 0 bridgehead atoms. The molecule has 1 rings (SSSR count). The summed E-state index contributed by atoms with van der Waals surface area (Å²) in [7, 11) is 5.35. The molecule has 2 N–H and O–H groups in total. The van der Waals surface area contributed by atoms with Gasteiger partial charge in [-0.2, -0.15) is 5.10 Å². The van der Waals surface area contributed by atoms with Crippen molar-refractivity contribution in [3.05, 3.63) is 18.0 Å². The van der Waals surface area contributed by atoms with Crippen LogP contribution in [0.25, 0.3) is 0 Å². The van der Waals surface area contributed by atoms with E-state index >= 15 is 0 Å². The van der Waals surface area contributed by atoms with Gasteiger partial charge in [0.05, 0.1) is 11.8 Å². The molecule has 1 heterocycles. The Morgan fingerprint density at radius 2 is 2.22 bits per heavy atom. The normalized spacial score (nSPS) is 12.6. The Balaban J connectivity index is 2.39. The molecular weight excluding hydrogens is 230 g/mol. The minimum absolute atomic E-state index is 0.216. The molecule has 0 amide bonds. The monoisotopic (exact) mass is 253 g/mol. The largest absolute Gasteiger partial charge is 0.377 e. The Morgan fingerprint density at radius 3 is 2.72 bits per heavy atom. The number of rotatable bonds is 5. The maximum Gasteiger partial charge on any atom is 0.191 e. The summed E-state index contributed by atoms with van der Waals surface area (Å²) in [5, 5.41) is 10.6. The van der Waals surface area contributed by atoms with Gasteiger partial charge in [0, 0.05) is 46.1 Å². The number of guanidine groups is 1. The predicted molar refractivity (Wildman–Crippen MR) is 72.5 cm³/mol. The third-order valence-corrected chi connectivity index (χ3v) is 2.68. The third kappa shape index (κ3) is 4.75. The first kappa shape index (κ1) is 14.5. The molecule has 0 saturated heterocycles. The Morgan fingerprint density at radius 1 is 1.50 bits per heavy atom. The zero-order valence-electron chi connectivity index (χ0n) is 11.8. The van der Waals surface area contributed by atoms with Crippen LogP contribution in [0.15, 0.2) is 17.4 Å². The lowest BCUT2D eigenvalue weighted by molar-refractivity contribution is 0.0268. The molecule has 0 unspecified atom stereocenters. The van der Waals surface area contributed by atoms with Gasteiger partial charge in [-0.1, -0.05) is 0 Å². The van der Waals surface area contributed by atoms with Gasteiger partial charge >= 0.3 is 0 Å². The van der Waals surface area contributed by atoms with E-state index in [1.165, 1.54) is 0 Å². The summed E-state index contributed by atoms with van der Waals surface area (Å²) < 4.78 is 7.12. The molecule has 0 fully saturated rings. The zero-order valence-corrected chi connectivity index (χ0v) is 11.8. The van der Waals surface area contributed by atoms with Gasteiger partial charge in [-0.05, 0) is 13.8 Å². The van der Waals surface area contributed by atoms with Crippen molar-refractivity contribution in [2.75, 3.05) is 20.7 Å². The minimum Gasteiger partial charge on any atom is -0.377 e. The lowest BCUT2D eigenvalue weighted by Crippen LogP contribution is -2.45. The number of aromatic nitrogens is 2. The first-order valence-corrected chi connectivity index (χ1v) is 5.94. The highest BCUT2D eigenvalue weighted by molar-refractivity contribution is 5.79. The number of nitrogens with zero attached hydrogens (tertiary/aromatic N) is 3. The van der Waals surface area contributed by atoms with E-state index in [-0.39, 0.29) is 5.60 Å². The summed E-state index contributed by atoms with van der Waals surface area (Å²) in [6, 6.07) is 0. The summed E-state index contributed by atoms with van der Waals surface area (Å²) in [6.07, 6.45) is 3.80. The van der Waals surface area contributed by atoms with Crippen molar-refractivity contribution >= 4 is 5.96 Å². The van der Waals surface area contributed by atoms with Crippen molar-refractivity contribution in [1.29, 1.82) is 0 Å². The van der Waals surface area contributed by atoms with Crippen LogP contribution >= 0.6 is 0 Å². The SMILES string of the molecule is CN=C(NCc1cnn(C)c1)NCC(C)(C)OC. The molecule has 0 aromatic carbocycles. The molecule has 6 heteroatoms. The Kier molecular flexibility index (Phi) is 5.15. The molecule has 0 saturated carbocycles. The fourth-order valence-electron chi connectivity index (χ4n) is 1.34. The molecule has 0 aliphatic heterocycles. The first-order valence-electron chi connectivity index (χ1n) is 5.94. The van der Waals surface area contributed by atoms with E-state index < -0.39 is 0 Å². The molecule has 0 atom stereocenters. The highest BCUT2D eigenvalue weighted by Crippen LogP contribution is 2.04. The van der Waals surface area contributed by atoms with Gasteiger partial charge in [0.1, 0.15) is 0 Å². The molecule has 6 nitrogen and oxygen atoms in total. The second kappa shape index (κ2) is 6.39. The van der Waals surface area contributed by atoms with Gasteiger partial charge in [-0.15, -0.1) is 0 Å². The number of methoxy groups -OCH3 is 1. The van der Waals surface area contributed by atoms with Crippen LogP contribution < -0.4 is 10.6 Å². The van der Waals surface area contributed by atoms with Gasteiger partial charge in [0.15, 0.2) is 5.96 Å². The van der Waals surface area contributed by atoms with Crippen LogP contribution in [0.1, 0.15) is 19.4 Å². The van der Waals surface area contributed by atoms with Crippen molar-refractivity contribution < 1.29 is 4.74 Å². The van der Waals surface area contributed by atoms with E-state index in [1.807, 2.05) is 33.3 Å². The molecule has 0 spiro atoms. The van der Waals surface area contributed by atoms with Crippen LogP contribution in [-0.2, 0) is 18.3 Å². The number of hydrogen-bond acceptors (Lipinski definition) is 3. The molecule has 0 aliphatic rings. The Hall–Kier alpha value is -1.56. The van der Waals surface area contributed by atoms with Gasteiger partial charge in [0.25, 0.3) is 0 Å². The average molecular weight is 253 g/mol. The van der Waals surface area contributed by atoms with E-state index in [2.05, 4.69) is 20.7 Å². The number of nitrogens with one attached hydrogen (secondary N) is 2. The quantitative estimate of drug-likeness (QED) is 0.593. The van der Waals surface area contributed by atoms with Crippen molar-refractivity contribution in [2.45, 2.75) is 26.0 Å². The van der Waals surface area contributed by atoms with E-state index in [4.69, 9.17) is 4.74 Å². The van der Waals surface area contributed by atoms with E-state index in [0.717, 1.165) is 11.5 Å². The smallest absolute Gasteiger partial charge is 0.191 e. The van der Waals surface area contributed by atoms with Crippen LogP contribution in [0.2, 0.25) is 0 Å². The number of ether oxygens (including phenoxy) is 1. The fraction of sp³-hybridized carbons (Fsp3) is 0.667. The number of aryl methyl sites for hydroxylation is 1. The zero-order chi connectivity index (χ0) is 13.6. The Labute approximate surface area is 108 Å². The molecular formula is C12H23N5O. The fourth-order valence-corrected chi connectivity index (χ4v) is 1.34. The summed E-state index contributed by atoms with van der Waals surface area (Å²) in [5.74, 6) is 0.754. The standard InChI is InChI=1S/C12H23N5O/c1-12(2,18-5)9-15-11(13-3)14-6-10-7-16-17(4)8-10/h7-8H,6,9H2,1-5H3,(H2,13,14,15). The van der Waals surface area contributed by atoms with Crippen LogP contribution in [-0.4, -0.2) is 42.0 Å². The maximum atomic E-state index is 5.34. The van der Waals surface area contributed by atoms with Crippen LogP contribution in [0.5, 0.6) is 0 Å². The number of aliphatic imine (C=N–C) groups is 1. The molecule has 102 valence electrons. The highest BCUT2D eigenvalue weighted by Gasteiger charge is 2.16. The molecule has 1 aromatic heterocycles. The van der Waals surface area contributed by atoms with Gasteiger partial charge in [-0.25, -0.2) is 0 Å². The summed E-state index contributed by atoms with van der Waals surface area (Å²) in [4.78, 5) is 4.16. The van der Waals surface area contributed by atoms with Crippen LogP contribution in [0, 0.1) is 0 Å². The Bertz CT molecular complexity index is 397. The lowest BCUT2D eigenvalue weighted by atomic mass is 10.1. The summed E-state index contributed by atoms with van der Waals surface area (Å²) in [5.41, 5.74) is 0.901. The van der Waals surface area contributed by atoms with E-state index in [0.29, 0.717) is 13.1 Å². The highest BCUT2D eigenvalue weighted by atomic mass is 16.5. The minimum atomic E-state index is -0.216. The second-order valence-corrected chi connectivity index (χ2v) is 4.77. The molecule has 1 aromatic rings. The molecule has 18 heavy (non-hydrogen) atoms. The average Bonchev–Trinajstić information content (AvgIpc) is 2.75. The van der Waals surface area contributed by atoms with Gasteiger partial charge in [0.2, 0.25) is 0 Å². The maximum absolute atomic E-state index is 5.34. The third-order valence-electron chi connectivity index (χ3n) is 2.68. The van der Waals surface area contributed by atoms with Crippen molar-refractivity contribution in [2.24, 2.45) is 12.0 Å². The van der Waals surface area contributed by atoms with Gasteiger partial charge < -0.3 is 15.4 Å². The topological polar surface area (TPSA) is 63.5 Å². The van der Waals surface area contributed by atoms with Crippen LogP contribution in [0.4, 0.5) is 0 Å². The van der Waals surface area contributed by atoms with E-state index in [9.17, 15) is 0 Å². The van der Waals surface area contributed by atoms with Crippen LogP contribution in [0.3, 0.4) is 0 Å². The second-order valence-electron chi connectivity index (χ2n) is 4.77. The predicted octanol–water partition coefficient (Wildman–Crippen LogP) is 0.510. The van der Waals surface area contributed by atoms with Crippen molar-refractivity contribution in [3.63, 3.8) is 0 Å². The summed E-state index contributed by atoms with van der Waals surface area (Å²) in [6.45, 7) is 5.43. The molecule has 0 aliphatic carbocycles. The summed E-state index contributed by atoms with van der Waals surface area (Å²) >= 11 is 0. The lowest BCUT2D eigenvalue weighted by Gasteiger charge is -2.24. The number of hydrogen-bond donors (Lipinski definition) is 2. The van der Waals surface area contributed by atoms with Crippen molar-refractivity contribution in [1.82, 2.24) is 20.4 Å². The van der Waals surface area contributed by atoms with Crippen molar-refractivity contribution in [3.8, 4) is 0 Å². The first-order chi connectivity index (χ1) is 8.46. The van der Waals surface area contributed by atoms with E-state index in [1.54, 1.807) is 18.8 Å².